The van der Waals surface area contributed by atoms with Gasteiger partial charge in [0.2, 0.25) is 0 Å². The number of rotatable bonds is 4. The average molecular weight is 218 g/mol. The molecule has 16 heavy (non-hydrogen) atoms. The summed E-state index contributed by atoms with van der Waals surface area (Å²) in [6.07, 6.45) is 2.10. The number of nitriles is 1. The topological polar surface area (TPSA) is 91.8 Å². The lowest BCUT2D eigenvalue weighted by Crippen LogP contribution is -2.29. The van der Waals surface area contributed by atoms with Gasteiger partial charge in [-0.2, -0.15) is 5.26 Å². The molecule has 5 nitrogen and oxygen atoms in total. The molecule has 0 saturated heterocycles. The molecule has 1 amide bonds. The number of carbonyl (C=O) groups is 1. The number of amides is 1. The van der Waals surface area contributed by atoms with Gasteiger partial charge in [0.15, 0.2) is 0 Å². The highest BCUT2D eigenvalue weighted by Crippen LogP contribution is 1.98. The second-order valence-corrected chi connectivity index (χ2v) is 3.57. The Morgan fingerprint density at radius 1 is 1.69 bits per heavy atom. The Balaban J connectivity index is 2.50. The Morgan fingerprint density at radius 3 is 2.94 bits per heavy atom. The Morgan fingerprint density at radius 2 is 2.44 bits per heavy atom. The van der Waals surface area contributed by atoms with Crippen molar-refractivity contribution in [2.75, 3.05) is 6.54 Å². The number of nitrogens with zero attached hydrogens (tertiary/aromatic N) is 2. The van der Waals surface area contributed by atoms with Crippen LogP contribution < -0.4 is 11.1 Å². The van der Waals surface area contributed by atoms with Crippen LogP contribution in [0.2, 0.25) is 0 Å². The summed E-state index contributed by atoms with van der Waals surface area (Å²) in [5, 5.41) is 11.3. The van der Waals surface area contributed by atoms with Gasteiger partial charge in [-0.25, -0.2) is 4.98 Å². The Labute approximate surface area is 94.3 Å². The van der Waals surface area contributed by atoms with E-state index in [9.17, 15) is 4.79 Å². The van der Waals surface area contributed by atoms with Crippen LogP contribution in [-0.4, -0.2) is 23.5 Å². The van der Waals surface area contributed by atoms with E-state index >= 15 is 0 Å². The number of nitrogens with two attached hydrogens (primary N) is 1. The van der Waals surface area contributed by atoms with Gasteiger partial charge in [-0.15, -0.1) is 0 Å². The molecular formula is C11H14N4O. The number of nitrogens with one attached hydrogen (secondary N) is 1. The van der Waals surface area contributed by atoms with Gasteiger partial charge in [-0.05, 0) is 25.5 Å². The summed E-state index contributed by atoms with van der Waals surface area (Å²) in [7, 11) is 0. The zero-order valence-corrected chi connectivity index (χ0v) is 9.10. The first-order valence-corrected chi connectivity index (χ1v) is 5.03. The number of hydrogen-bond acceptors (Lipinski definition) is 4. The predicted molar refractivity (Wildman–Crippen MR) is 59.6 cm³/mol. The van der Waals surface area contributed by atoms with E-state index < -0.39 is 0 Å². The normalized spacial score (nSPS) is 11.6. The van der Waals surface area contributed by atoms with Crippen molar-refractivity contribution in [3.63, 3.8) is 0 Å². The Kier molecular flexibility index (Phi) is 4.42. The molecule has 1 heterocycles. The predicted octanol–water partition coefficient (Wildman–Crippen LogP) is 0.420. The fourth-order valence-electron chi connectivity index (χ4n) is 1.10. The molecule has 1 unspecified atom stereocenters. The van der Waals surface area contributed by atoms with Gasteiger partial charge in [0.1, 0.15) is 11.8 Å². The summed E-state index contributed by atoms with van der Waals surface area (Å²) in [4.78, 5) is 15.4. The lowest BCUT2D eigenvalue weighted by Gasteiger charge is -2.06. The van der Waals surface area contributed by atoms with Gasteiger partial charge in [-0.1, -0.05) is 0 Å². The van der Waals surface area contributed by atoms with Crippen LogP contribution in [0.15, 0.2) is 18.3 Å². The molecule has 0 fully saturated rings. The maximum atomic E-state index is 11.5. The summed E-state index contributed by atoms with van der Waals surface area (Å²) in [5.74, 6) is -0.245. The van der Waals surface area contributed by atoms with Crippen LogP contribution >= 0.6 is 0 Å². The highest BCUT2D eigenvalue weighted by Gasteiger charge is 2.06. The molecule has 0 bridgehead atoms. The molecule has 1 aromatic heterocycles. The van der Waals surface area contributed by atoms with Gasteiger partial charge in [0.25, 0.3) is 5.91 Å². The Hall–Kier alpha value is -1.93. The average Bonchev–Trinajstić information content (AvgIpc) is 2.28. The third kappa shape index (κ3) is 3.67. The summed E-state index contributed by atoms with van der Waals surface area (Å²) >= 11 is 0. The van der Waals surface area contributed by atoms with Crippen molar-refractivity contribution in [2.45, 2.75) is 19.4 Å². The van der Waals surface area contributed by atoms with Crippen LogP contribution in [0.25, 0.3) is 0 Å². The number of hydrogen-bond donors (Lipinski definition) is 2. The monoisotopic (exact) mass is 218 g/mol. The van der Waals surface area contributed by atoms with E-state index in [-0.39, 0.29) is 11.9 Å². The molecule has 0 radical (unpaired) electrons. The first kappa shape index (κ1) is 12.1. The third-order valence-electron chi connectivity index (χ3n) is 2.01. The van der Waals surface area contributed by atoms with Crippen molar-refractivity contribution in [3.8, 4) is 6.07 Å². The zero-order chi connectivity index (χ0) is 12.0. The van der Waals surface area contributed by atoms with E-state index in [1.165, 1.54) is 12.3 Å². The minimum absolute atomic E-state index is 0.0641. The van der Waals surface area contributed by atoms with Gasteiger partial charge in [0, 0.05) is 18.8 Å². The van der Waals surface area contributed by atoms with E-state index in [1.807, 2.05) is 13.0 Å². The van der Waals surface area contributed by atoms with E-state index in [0.29, 0.717) is 17.8 Å². The van der Waals surface area contributed by atoms with Crippen molar-refractivity contribution in [2.24, 2.45) is 5.73 Å². The van der Waals surface area contributed by atoms with Crippen LogP contribution in [0, 0.1) is 11.3 Å². The van der Waals surface area contributed by atoms with Crippen LogP contribution in [-0.2, 0) is 0 Å². The van der Waals surface area contributed by atoms with Crippen LogP contribution in [0.4, 0.5) is 0 Å². The van der Waals surface area contributed by atoms with Crippen LogP contribution in [0.1, 0.15) is 29.4 Å². The molecule has 0 spiro atoms. The summed E-state index contributed by atoms with van der Waals surface area (Å²) in [6.45, 7) is 2.41. The van der Waals surface area contributed by atoms with E-state index in [0.717, 1.165) is 6.42 Å². The second kappa shape index (κ2) is 5.83. The minimum atomic E-state index is -0.245. The molecule has 3 N–H and O–H groups in total. The first-order valence-electron chi connectivity index (χ1n) is 5.03. The SMILES string of the molecule is CC(N)CCNC(=O)c1ccc(C#N)cn1. The van der Waals surface area contributed by atoms with Crippen molar-refractivity contribution in [3.05, 3.63) is 29.6 Å². The first-order chi connectivity index (χ1) is 7.63. The molecule has 0 aliphatic carbocycles. The summed E-state index contributed by atoms with van der Waals surface area (Å²) in [5.41, 5.74) is 6.30. The Bertz CT molecular complexity index is 391. The largest absolute Gasteiger partial charge is 0.351 e. The number of pyridine rings is 1. The van der Waals surface area contributed by atoms with Crippen molar-refractivity contribution >= 4 is 5.91 Å². The van der Waals surface area contributed by atoms with Crippen LogP contribution in [0.5, 0.6) is 0 Å². The molecular weight excluding hydrogens is 204 g/mol. The van der Waals surface area contributed by atoms with E-state index in [2.05, 4.69) is 10.3 Å². The van der Waals surface area contributed by atoms with Crippen molar-refractivity contribution in [1.29, 1.82) is 5.26 Å². The summed E-state index contributed by atoms with van der Waals surface area (Å²) < 4.78 is 0. The standard InChI is InChI=1S/C11H14N4O/c1-8(13)4-5-14-11(16)10-3-2-9(6-12)7-15-10/h2-3,7-8H,4-5,13H2,1H3,(H,14,16). The lowest BCUT2D eigenvalue weighted by molar-refractivity contribution is 0.0948. The van der Waals surface area contributed by atoms with Crippen molar-refractivity contribution < 1.29 is 4.79 Å². The fourth-order valence-corrected chi connectivity index (χ4v) is 1.10. The summed E-state index contributed by atoms with van der Waals surface area (Å²) in [6, 6.07) is 5.10. The molecule has 0 saturated carbocycles. The third-order valence-corrected chi connectivity index (χ3v) is 2.01. The van der Waals surface area contributed by atoms with E-state index in [4.69, 9.17) is 11.0 Å². The van der Waals surface area contributed by atoms with E-state index in [1.54, 1.807) is 6.07 Å². The lowest BCUT2D eigenvalue weighted by atomic mass is 10.2. The maximum Gasteiger partial charge on any atom is 0.269 e. The fraction of sp³-hybridized carbons (Fsp3) is 0.364. The van der Waals surface area contributed by atoms with Gasteiger partial charge in [0.05, 0.1) is 5.56 Å². The second-order valence-electron chi connectivity index (χ2n) is 3.57. The molecule has 5 heteroatoms. The van der Waals surface area contributed by atoms with Gasteiger partial charge < -0.3 is 11.1 Å². The smallest absolute Gasteiger partial charge is 0.269 e. The molecule has 84 valence electrons. The number of aromatic nitrogens is 1. The molecule has 0 aliphatic rings. The highest BCUT2D eigenvalue weighted by atomic mass is 16.1. The minimum Gasteiger partial charge on any atom is -0.351 e. The molecule has 0 aromatic carbocycles. The molecule has 1 atom stereocenters. The number of carbonyl (C=O) groups excluding carboxylic acids is 1. The molecule has 0 aliphatic heterocycles. The zero-order valence-electron chi connectivity index (χ0n) is 9.10. The van der Waals surface area contributed by atoms with Gasteiger partial charge >= 0.3 is 0 Å². The molecule has 1 rings (SSSR count). The van der Waals surface area contributed by atoms with Crippen LogP contribution in [0.3, 0.4) is 0 Å². The molecule has 1 aromatic rings. The van der Waals surface area contributed by atoms with Gasteiger partial charge in [-0.3, -0.25) is 4.79 Å². The van der Waals surface area contributed by atoms with Crippen molar-refractivity contribution in [1.82, 2.24) is 10.3 Å². The quantitative estimate of drug-likeness (QED) is 0.766. The highest BCUT2D eigenvalue weighted by molar-refractivity contribution is 5.92. The maximum absolute atomic E-state index is 11.5.